The maximum Gasteiger partial charge on any atom is 0.0535 e. The van der Waals surface area contributed by atoms with Crippen molar-refractivity contribution in [2.45, 2.75) is 76.9 Å². The van der Waals surface area contributed by atoms with Crippen LogP contribution in [-0.4, -0.2) is 63.4 Å². The van der Waals surface area contributed by atoms with E-state index in [0.29, 0.717) is 18.0 Å². The minimum Gasteiger partial charge on any atom is -0.396 e. The maximum absolute atomic E-state index is 9.42. The first-order valence-corrected chi connectivity index (χ1v) is 9.80. The highest BCUT2D eigenvalue weighted by molar-refractivity contribution is 5.21. The molecule has 2 aliphatic rings. The summed E-state index contributed by atoms with van der Waals surface area (Å²) >= 11 is 0. The Labute approximate surface area is 146 Å². The van der Waals surface area contributed by atoms with Crippen molar-refractivity contribution in [2.24, 2.45) is 0 Å². The van der Waals surface area contributed by atoms with E-state index in [2.05, 4.69) is 33.8 Å². The zero-order valence-electron chi connectivity index (χ0n) is 15.4. The SMILES string of the molecule is CC(C)N1CCN(Cc2cn[nH]c2C2CCCCC2)C[C@H]1CCO. The number of aromatic amines is 1. The topological polar surface area (TPSA) is 55.4 Å². The van der Waals surface area contributed by atoms with E-state index in [4.69, 9.17) is 0 Å². The largest absolute Gasteiger partial charge is 0.396 e. The molecule has 1 aromatic heterocycles. The number of hydrogen-bond acceptors (Lipinski definition) is 4. The number of rotatable bonds is 6. The zero-order valence-corrected chi connectivity index (χ0v) is 15.4. The van der Waals surface area contributed by atoms with Crippen LogP contribution in [0.3, 0.4) is 0 Å². The molecule has 2 fully saturated rings. The Kier molecular flexibility index (Phi) is 6.31. The number of H-pyrrole nitrogens is 1. The lowest BCUT2D eigenvalue weighted by Crippen LogP contribution is -2.55. The molecule has 0 aromatic carbocycles. The Balaban J connectivity index is 1.63. The normalized spacial score (nSPS) is 24.8. The number of piperazine rings is 1. The highest BCUT2D eigenvalue weighted by Gasteiger charge is 2.29. The number of nitrogens with zero attached hydrogens (tertiary/aromatic N) is 3. The van der Waals surface area contributed by atoms with Gasteiger partial charge < -0.3 is 5.11 Å². The molecule has 5 heteroatoms. The molecule has 1 atom stereocenters. The van der Waals surface area contributed by atoms with E-state index in [9.17, 15) is 5.11 Å². The second kappa shape index (κ2) is 8.45. The fourth-order valence-electron chi connectivity index (χ4n) is 4.60. The van der Waals surface area contributed by atoms with Crippen LogP contribution in [0.2, 0.25) is 0 Å². The Morgan fingerprint density at radius 2 is 2.04 bits per heavy atom. The molecule has 24 heavy (non-hydrogen) atoms. The first-order valence-electron chi connectivity index (χ1n) is 9.80. The van der Waals surface area contributed by atoms with Crippen molar-refractivity contribution in [3.8, 4) is 0 Å². The smallest absolute Gasteiger partial charge is 0.0535 e. The molecular formula is C19H34N4O. The zero-order chi connectivity index (χ0) is 16.9. The number of aliphatic hydroxyl groups is 1. The monoisotopic (exact) mass is 334 g/mol. The quantitative estimate of drug-likeness (QED) is 0.840. The van der Waals surface area contributed by atoms with E-state index < -0.39 is 0 Å². The van der Waals surface area contributed by atoms with Gasteiger partial charge in [0.1, 0.15) is 0 Å². The molecule has 1 saturated heterocycles. The first kappa shape index (κ1) is 17.9. The third-order valence-corrected chi connectivity index (χ3v) is 5.90. The van der Waals surface area contributed by atoms with Crippen LogP contribution in [-0.2, 0) is 6.54 Å². The van der Waals surface area contributed by atoms with Crippen molar-refractivity contribution in [3.63, 3.8) is 0 Å². The number of aliphatic hydroxyl groups excluding tert-OH is 1. The molecular weight excluding hydrogens is 300 g/mol. The predicted octanol–water partition coefficient (Wildman–Crippen LogP) is 2.73. The molecule has 0 bridgehead atoms. The van der Waals surface area contributed by atoms with Gasteiger partial charge in [-0.3, -0.25) is 14.9 Å². The molecule has 2 N–H and O–H groups in total. The van der Waals surface area contributed by atoms with E-state index >= 15 is 0 Å². The molecule has 136 valence electrons. The molecule has 2 heterocycles. The van der Waals surface area contributed by atoms with Crippen molar-refractivity contribution in [2.75, 3.05) is 26.2 Å². The Bertz CT molecular complexity index is 495. The number of nitrogens with one attached hydrogen (secondary N) is 1. The van der Waals surface area contributed by atoms with Crippen LogP contribution in [0.25, 0.3) is 0 Å². The summed E-state index contributed by atoms with van der Waals surface area (Å²) in [6, 6.07) is 1.02. The van der Waals surface area contributed by atoms with Crippen LogP contribution in [0.5, 0.6) is 0 Å². The van der Waals surface area contributed by atoms with E-state index in [-0.39, 0.29) is 6.61 Å². The number of aromatic nitrogens is 2. The lowest BCUT2D eigenvalue weighted by molar-refractivity contribution is 0.0347. The predicted molar refractivity (Wildman–Crippen MR) is 97.0 cm³/mol. The molecule has 0 radical (unpaired) electrons. The minimum atomic E-state index is 0.279. The average Bonchev–Trinajstić information content (AvgIpc) is 3.04. The lowest BCUT2D eigenvalue weighted by Gasteiger charge is -2.43. The van der Waals surface area contributed by atoms with Crippen molar-refractivity contribution < 1.29 is 5.11 Å². The molecule has 1 aliphatic heterocycles. The van der Waals surface area contributed by atoms with Crippen molar-refractivity contribution >= 4 is 0 Å². The summed E-state index contributed by atoms with van der Waals surface area (Å²) in [5.74, 6) is 0.682. The molecule has 3 rings (SSSR count). The summed E-state index contributed by atoms with van der Waals surface area (Å²) in [7, 11) is 0. The number of hydrogen-bond donors (Lipinski definition) is 2. The third kappa shape index (κ3) is 4.19. The molecule has 1 saturated carbocycles. The van der Waals surface area contributed by atoms with Gasteiger partial charge in [-0.2, -0.15) is 5.10 Å². The van der Waals surface area contributed by atoms with Gasteiger partial charge in [-0.15, -0.1) is 0 Å². The molecule has 1 aromatic rings. The maximum atomic E-state index is 9.42. The van der Waals surface area contributed by atoms with Crippen LogP contribution in [0, 0.1) is 0 Å². The van der Waals surface area contributed by atoms with E-state index in [0.717, 1.165) is 32.6 Å². The van der Waals surface area contributed by atoms with Gasteiger partial charge in [0.25, 0.3) is 0 Å². The van der Waals surface area contributed by atoms with Crippen molar-refractivity contribution in [1.29, 1.82) is 0 Å². The van der Waals surface area contributed by atoms with Gasteiger partial charge in [0.05, 0.1) is 6.20 Å². The standard InChI is InChI=1S/C19H34N4O/c1-15(2)23-10-9-22(14-18(23)8-11-24)13-17-12-20-21-19(17)16-6-4-3-5-7-16/h12,15-16,18,24H,3-11,13-14H2,1-2H3,(H,20,21)/t18-/m1/s1. The fourth-order valence-corrected chi connectivity index (χ4v) is 4.60. The van der Waals surface area contributed by atoms with Crippen molar-refractivity contribution in [1.82, 2.24) is 20.0 Å². The van der Waals surface area contributed by atoms with Gasteiger partial charge >= 0.3 is 0 Å². The molecule has 0 unspecified atom stereocenters. The molecule has 1 aliphatic carbocycles. The van der Waals surface area contributed by atoms with Crippen LogP contribution in [0.15, 0.2) is 6.20 Å². The summed E-state index contributed by atoms with van der Waals surface area (Å²) in [6.45, 7) is 9.05. The van der Waals surface area contributed by atoms with E-state index in [1.165, 1.54) is 43.4 Å². The van der Waals surface area contributed by atoms with Gasteiger partial charge in [0, 0.05) is 62.0 Å². The molecule has 0 amide bonds. The van der Waals surface area contributed by atoms with Gasteiger partial charge in [-0.25, -0.2) is 0 Å². The van der Waals surface area contributed by atoms with Crippen molar-refractivity contribution in [3.05, 3.63) is 17.5 Å². The Morgan fingerprint density at radius 3 is 2.75 bits per heavy atom. The third-order valence-electron chi connectivity index (χ3n) is 5.90. The van der Waals surface area contributed by atoms with Crippen LogP contribution < -0.4 is 0 Å². The van der Waals surface area contributed by atoms with E-state index in [1.807, 2.05) is 6.20 Å². The molecule has 5 nitrogen and oxygen atoms in total. The molecule has 0 spiro atoms. The summed E-state index contributed by atoms with van der Waals surface area (Å²) in [5.41, 5.74) is 2.78. The minimum absolute atomic E-state index is 0.279. The summed E-state index contributed by atoms with van der Waals surface area (Å²) < 4.78 is 0. The van der Waals surface area contributed by atoms with Crippen LogP contribution in [0.1, 0.15) is 69.5 Å². The van der Waals surface area contributed by atoms with Gasteiger partial charge in [0.2, 0.25) is 0 Å². The Morgan fingerprint density at radius 1 is 1.25 bits per heavy atom. The summed E-state index contributed by atoms with van der Waals surface area (Å²) in [4.78, 5) is 5.10. The van der Waals surface area contributed by atoms with Crippen LogP contribution in [0.4, 0.5) is 0 Å². The highest BCUT2D eigenvalue weighted by Crippen LogP contribution is 2.33. The van der Waals surface area contributed by atoms with E-state index in [1.54, 1.807) is 0 Å². The first-order chi connectivity index (χ1) is 11.7. The summed E-state index contributed by atoms with van der Waals surface area (Å²) in [6.07, 6.45) is 9.63. The second-order valence-electron chi connectivity index (χ2n) is 7.88. The fraction of sp³-hybridized carbons (Fsp3) is 0.842. The van der Waals surface area contributed by atoms with Crippen LogP contribution >= 0.6 is 0 Å². The van der Waals surface area contributed by atoms with Gasteiger partial charge in [-0.05, 0) is 33.1 Å². The highest BCUT2D eigenvalue weighted by atomic mass is 16.3. The lowest BCUT2D eigenvalue weighted by atomic mass is 9.85. The van der Waals surface area contributed by atoms with Gasteiger partial charge in [0.15, 0.2) is 0 Å². The Hall–Kier alpha value is -0.910. The summed E-state index contributed by atoms with van der Waals surface area (Å²) in [5, 5.41) is 17.1. The second-order valence-corrected chi connectivity index (χ2v) is 7.88. The average molecular weight is 335 g/mol. The van der Waals surface area contributed by atoms with Gasteiger partial charge in [-0.1, -0.05) is 19.3 Å².